The Bertz CT molecular complexity index is 291. The summed E-state index contributed by atoms with van der Waals surface area (Å²) in [4.78, 5) is 14.2. The third-order valence-corrected chi connectivity index (χ3v) is 1.59. The Hall–Kier alpha value is -1.34. The van der Waals surface area contributed by atoms with E-state index in [1.807, 2.05) is 7.05 Å². The molecule has 7 nitrogen and oxygen atoms in total. The molecule has 74 valence electrons. The van der Waals surface area contributed by atoms with Crippen LogP contribution in [0.25, 0.3) is 0 Å². The van der Waals surface area contributed by atoms with Crippen LogP contribution < -0.4 is 21.9 Å². The minimum Gasteiger partial charge on any atom is -0.320 e. The molecule has 13 heavy (non-hydrogen) atoms. The van der Waals surface area contributed by atoms with Crippen LogP contribution in [-0.4, -0.2) is 35.3 Å². The monoisotopic (exact) mass is 186 g/mol. The third-order valence-electron chi connectivity index (χ3n) is 1.59. The van der Waals surface area contributed by atoms with Crippen molar-refractivity contribution in [2.24, 2.45) is 5.84 Å². The van der Waals surface area contributed by atoms with E-state index in [-0.39, 0.29) is 0 Å². The largest absolute Gasteiger partial charge is 0.362 e. The molecule has 0 unspecified atom stereocenters. The van der Waals surface area contributed by atoms with E-state index in [2.05, 4.69) is 20.5 Å². The van der Waals surface area contributed by atoms with Crippen LogP contribution in [0.5, 0.6) is 0 Å². The van der Waals surface area contributed by atoms with Crippen LogP contribution in [0.1, 0.15) is 6.42 Å². The SMILES string of the molecule is CNCCCN(N)c1nc(=O)[nH][nH]1. The second-order valence-corrected chi connectivity index (χ2v) is 2.64. The summed E-state index contributed by atoms with van der Waals surface area (Å²) in [6, 6.07) is 0. The summed E-state index contributed by atoms with van der Waals surface area (Å²) >= 11 is 0. The first-order chi connectivity index (χ1) is 6.24. The molecule has 0 saturated carbocycles. The van der Waals surface area contributed by atoms with Gasteiger partial charge in [0.15, 0.2) is 0 Å². The number of hydrogen-bond donors (Lipinski definition) is 4. The lowest BCUT2D eigenvalue weighted by Gasteiger charge is -2.13. The van der Waals surface area contributed by atoms with Crippen LogP contribution in [0.3, 0.4) is 0 Å². The minimum absolute atomic E-state index is 0.362. The van der Waals surface area contributed by atoms with Gasteiger partial charge in [0.2, 0.25) is 5.95 Å². The van der Waals surface area contributed by atoms with Crippen molar-refractivity contribution in [3.8, 4) is 0 Å². The highest BCUT2D eigenvalue weighted by Crippen LogP contribution is 1.96. The standard InChI is InChI=1S/C6H14N6O/c1-8-3-2-4-12(7)5-9-6(13)11-10-5/h8H,2-4,7H2,1H3,(H2,9,10,11,13). The van der Waals surface area contributed by atoms with Gasteiger partial charge in [0.25, 0.3) is 0 Å². The first-order valence-corrected chi connectivity index (χ1v) is 4.05. The zero-order chi connectivity index (χ0) is 9.68. The zero-order valence-electron chi connectivity index (χ0n) is 7.50. The summed E-state index contributed by atoms with van der Waals surface area (Å²) in [5.74, 6) is 5.96. The molecule has 0 aliphatic carbocycles. The van der Waals surface area contributed by atoms with Gasteiger partial charge >= 0.3 is 5.69 Å². The molecular weight excluding hydrogens is 172 g/mol. The van der Waals surface area contributed by atoms with Gasteiger partial charge in [0, 0.05) is 6.54 Å². The number of hydrazine groups is 1. The Morgan fingerprint density at radius 3 is 2.92 bits per heavy atom. The van der Waals surface area contributed by atoms with Crippen LogP contribution in [0, 0.1) is 0 Å². The van der Waals surface area contributed by atoms with Crippen molar-refractivity contribution in [3.63, 3.8) is 0 Å². The van der Waals surface area contributed by atoms with E-state index < -0.39 is 5.69 Å². The van der Waals surface area contributed by atoms with Crippen LogP contribution >= 0.6 is 0 Å². The van der Waals surface area contributed by atoms with Gasteiger partial charge in [-0.2, -0.15) is 4.98 Å². The third kappa shape index (κ3) is 2.88. The Morgan fingerprint density at radius 1 is 1.62 bits per heavy atom. The maximum Gasteiger partial charge on any atom is 0.362 e. The molecule has 1 rings (SSSR count). The molecule has 0 amide bonds. The quantitative estimate of drug-likeness (QED) is 0.251. The molecule has 0 aromatic carbocycles. The molecule has 0 saturated heterocycles. The zero-order valence-corrected chi connectivity index (χ0v) is 7.50. The van der Waals surface area contributed by atoms with Gasteiger partial charge in [0.1, 0.15) is 0 Å². The minimum atomic E-state index is -0.418. The second-order valence-electron chi connectivity index (χ2n) is 2.64. The van der Waals surface area contributed by atoms with Crippen molar-refractivity contribution in [2.45, 2.75) is 6.42 Å². The fraction of sp³-hybridized carbons (Fsp3) is 0.667. The Labute approximate surface area is 75.3 Å². The van der Waals surface area contributed by atoms with Gasteiger partial charge in [0.05, 0.1) is 0 Å². The lowest BCUT2D eigenvalue weighted by atomic mass is 10.4. The molecule has 0 aliphatic rings. The number of H-pyrrole nitrogens is 2. The van der Waals surface area contributed by atoms with Crippen LogP contribution in [-0.2, 0) is 0 Å². The van der Waals surface area contributed by atoms with E-state index in [0.29, 0.717) is 12.5 Å². The fourth-order valence-electron chi connectivity index (χ4n) is 0.930. The molecule has 0 spiro atoms. The summed E-state index contributed by atoms with van der Waals surface area (Å²) in [6.07, 6.45) is 0.891. The number of aromatic amines is 2. The van der Waals surface area contributed by atoms with Crippen molar-refractivity contribution in [3.05, 3.63) is 10.5 Å². The lowest BCUT2D eigenvalue weighted by Crippen LogP contribution is -2.34. The highest BCUT2D eigenvalue weighted by Gasteiger charge is 2.04. The number of anilines is 1. The molecule has 5 N–H and O–H groups in total. The average Bonchev–Trinajstić information content (AvgIpc) is 2.52. The molecule has 0 bridgehead atoms. The molecule has 0 aliphatic heterocycles. The Morgan fingerprint density at radius 2 is 2.38 bits per heavy atom. The first-order valence-electron chi connectivity index (χ1n) is 4.05. The Balaban J connectivity index is 2.39. The fourth-order valence-corrected chi connectivity index (χ4v) is 0.930. The Kier molecular flexibility index (Phi) is 3.47. The number of nitrogens with zero attached hydrogens (tertiary/aromatic N) is 2. The van der Waals surface area contributed by atoms with Crippen molar-refractivity contribution in [1.29, 1.82) is 0 Å². The summed E-state index contributed by atoms with van der Waals surface area (Å²) in [5.41, 5.74) is -0.418. The predicted octanol–water partition coefficient (Wildman–Crippen LogP) is -1.61. The van der Waals surface area contributed by atoms with Crippen molar-refractivity contribution >= 4 is 5.95 Å². The van der Waals surface area contributed by atoms with Crippen LogP contribution in [0.4, 0.5) is 5.95 Å². The van der Waals surface area contributed by atoms with Gasteiger partial charge in [-0.05, 0) is 20.0 Å². The second kappa shape index (κ2) is 4.63. The molecular formula is C6H14N6O. The van der Waals surface area contributed by atoms with Crippen molar-refractivity contribution in [2.75, 3.05) is 25.1 Å². The van der Waals surface area contributed by atoms with Gasteiger partial charge < -0.3 is 5.32 Å². The molecule has 1 aromatic heterocycles. The van der Waals surface area contributed by atoms with Gasteiger partial charge in [-0.1, -0.05) is 0 Å². The maximum absolute atomic E-state index is 10.6. The van der Waals surface area contributed by atoms with E-state index in [0.717, 1.165) is 13.0 Å². The molecule has 0 radical (unpaired) electrons. The highest BCUT2D eigenvalue weighted by atomic mass is 16.1. The van der Waals surface area contributed by atoms with E-state index in [1.165, 1.54) is 5.01 Å². The summed E-state index contributed by atoms with van der Waals surface area (Å²) in [7, 11) is 1.87. The van der Waals surface area contributed by atoms with Crippen LogP contribution in [0.2, 0.25) is 0 Å². The smallest absolute Gasteiger partial charge is 0.320 e. The van der Waals surface area contributed by atoms with Crippen molar-refractivity contribution in [1.82, 2.24) is 20.5 Å². The van der Waals surface area contributed by atoms with E-state index in [4.69, 9.17) is 5.84 Å². The first kappa shape index (κ1) is 9.75. The maximum atomic E-state index is 10.6. The van der Waals surface area contributed by atoms with Gasteiger partial charge in [-0.25, -0.2) is 15.7 Å². The number of nitrogens with two attached hydrogens (primary N) is 1. The summed E-state index contributed by atoms with van der Waals surface area (Å²) in [5, 5.41) is 9.27. The van der Waals surface area contributed by atoms with E-state index in [1.54, 1.807) is 0 Å². The number of rotatable bonds is 5. The number of nitrogens with one attached hydrogen (secondary N) is 3. The average molecular weight is 186 g/mol. The summed E-state index contributed by atoms with van der Waals surface area (Å²) < 4.78 is 0. The number of aromatic nitrogens is 3. The van der Waals surface area contributed by atoms with Gasteiger partial charge in [-0.3, -0.25) is 10.1 Å². The molecule has 0 atom stereocenters. The summed E-state index contributed by atoms with van der Waals surface area (Å²) in [6.45, 7) is 1.52. The van der Waals surface area contributed by atoms with Crippen LogP contribution in [0.15, 0.2) is 4.79 Å². The molecule has 7 heteroatoms. The molecule has 1 aromatic rings. The van der Waals surface area contributed by atoms with E-state index >= 15 is 0 Å². The topological polar surface area (TPSA) is 103 Å². The highest BCUT2D eigenvalue weighted by molar-refractivity contribution is 5.23. The lowest BCUT2D eigenvalue weighted by molar-refractivity contribution is 0.686. The predicted molar refractivity (Wildman–Crippen MR) is 49.3 cm³/mol. The molecule has 0 fully saturated rings. The van der Waals surface area contributed by atoms with Gasteiger partial charge in [-0.15, -0.1) is 0 Å². The van der Waals surface area contributed by atoms with Crippen molar-refractivity contribution < 1.29 is 0 Å². The molecule has 1 heterocycles. The normalized spacial score (nSPS) is 10.3. The number of hydrogen-bond acceptors (Lipinski definition) is 5. The van der Waals surface area contributed by atoms with E-state index in [9.17, 15) is 4.79 Å².